The van der Waals surface area contributed by atoms with Crippen LogP contribution in [0.3, 0.4) is 0 Å². The van der Waals surface area contributed by atoms with Crippen LogP contribution in [0.5, 0.6) is 0 Å². The minimum absolute atomic E-state index is 0.707. The topological polar surface area (TPSA) is 55.6 Å². The van der Waals surface area contributed by atoms with E-state index in [4.69, 9.17) is 0 Å². The zero-order valence-electron chi connectivity index (χ0n) is 11.9. The standard InChI is InChI=1S/C15H21N5/c1-2-7-20-15(4-6-19-20)14-9-13(17-11-18-14)8-12-3-5-16-10-12/h4,6,9,11-12,16H,2-3,5,7-8,10H2,1H3/t12-/m0/s1. The first-order valence-electron chi connectivity index (χ1n) is 7.40. The number of rotatable bonds is 5. The fraction of sp³-hybridized carbons (Fsp3) is 0.533. The molecule has 1 saturated heterocycles. The molecule has 0 saturated carbocycles. The molecule has 5 heteroatoms. The normalized spacial score (nSPS) is 18.6. The van der Waals surface area contributed by atoms with Gasteiger partial charge in [0.2, 0.25) is 0 Å². The van der Waals surface area contributed by atoms with Gasteiger partial charge in [-0.2, -0.15) is 5.10 Å². The molecule has 1 atom stereocenters. The molecule has 1 N–H and O–H groups in total. The van der Waals surface area contributed by atoms with E-state index in [9.17, 15) is 0 Å². The Balaban J connectivity index is 1.81. The summed E-state index contributed by atoms with van der Waals surface area (Å²) in [6.07, 6.45) is 6.86. The van der Waals surface area contributed by atoms with E-state index in [2.05, 4.69) is 33.4 Å². The van der Waals surface area contributed by atoms with E-state index in [1.807, 2.05) is 16.9 Å². The average Bonchev–Trinajstić information content (AvgIpc) is 3.11. The lowest BCUT2D eigenvalue weighted by Crippen LogP contribution is -2.11. The van der Waals surface area contributed by atoms with E-state index in [0.29, 0.717) is 5.92 Å². The molecule has 0 bridgehead atoms. The van der Waals surface area contributed by atoms with Gasteiger partial charge in [-0.25, -0.2) is 9.97 Å². The largest absolute Gasteiger partial charge is 0.316 e. The molecule has 2 aromatic rings. The second-order valence-electron chi connectivity index (χ2n) is 5.40. The highest BCUT2D eigenvalue weighted by atomic mass is 15.3. The molecule has 0 aliphatic carbocycles. The van der Waals surface area contributed by atoms with E-state index in [1.54, 1.807) is 6.33 Å². The van der Waals surface area contributed by atoms with Gasteiger partial charge in [-0.05, 0) is 50.4 Å². The Kier molecular flexibility index (Phi) is 4.06. The maximum absolute atomic E-state index is 4.42. The molecule has 0 aromatic carbocycles. The molecule has 3 rings (SSSR count). The number of hydrogen-bond donors (Lipinski definition) is 1. The van der Waals surface area contributed by atoms with E-state index in [-0.39, 0.29) is 0 Å². The number of nitrogens with one attached hydrogen (secondary N) is 1. The summed E-state index contributed by atoms with van der Waals surface area (Å²) in [4.78, 5) is 8.83. The predicted molar refractivity (Wildman–Crippen MR) is 78.2 cm³/mol. The molecule has 0 unspecified atom stereocenters. The Morgan fingerprint density at radius 2 is 2.35 bits per heavy atom. The van der Waals surface area contributed by atoms with Crippen LogP contribution in [0.4, 0.5) is 0 Å². The quantitative estimate of drug-likeness (QED) is 0.902. The van der Waals surface area contributed by atoms with Crippen molar-refractivity contribution in [3.05, 3.63) is 30.4 Å². The van der Waals surface area contributed by atoms with Crippen LogP contribution in [-0.4, -0.2) is 32.8 Å². The van der Waals surface area contributed by atoms with Gasteiger partial charge in [0.1, 0.15) is 6.33 Å². The van der Waals surface area contributed by atoms with Crippen molar-refractivity contribution in [2.75, 3.05) is 13.1 Å². The maximum atomic E-state index is 4.42. The summed E-state index contributed by atoms with van der Waals surface area (Å²) in [5.74, 6) is 0.707. The zero-order chi connectivity index (χ0) is 13.8. The molecule has 20 heavy (non-hydrogen) atoms. The molecule has 1 fully saturated rings. The van der Waals surface area contributed by atoms with Crippen molar-refractivity contribution in [1.82, 2.24) is 25.1 Å². The summed E-state index contributed by atoms with van der Waals surface area (Å²) in [6, 6.07) is 4.14. The Morgan fingerprint density at radius 3 is 3.15 bits per heavy atom. The molecule has 1 aliphatic rings. The van der Waals surface area contributed by atoms with Crippen LogP contribution >= 0.6 is 0 Å². The molecule has 0 spiro atoms. The Bertz CT molecular complexity index is 557. The van der Waals surface area contributed by atoms with Crippen molar-refractivity contribution >= 4 is 0 Å². The number of nitrogens with zero attached hydrogens (tertiary/aromatic N) is 4. The summed E-state index contributed by atoms with van der Waals surface area (Å²) < 4.78 is 2.02. The summed E-state index contributed by atoms with van der Waals surface area (Å²) in [5.41, 5.74) is 3.19. The van der Waals surface area contributed by atoms with Crippen molar-refractivity contribution in [3.8, 4) is 11.4 Å². The second-order valence-corrected chi connectivity index (χ2v) is 5.40. The highest BCUT2D eigenvalue weighted by Crippen LogP contribution is 2.19. The van der Waals surface area contributed by atoms with Gasteiger partial charge >= 0.3 is 0 Å². The minimum Gasteiger partial charge on any atom is -0.316 e. The van der Waals surface area contributed by atoms with E-state index in [1.165, 1.54) is 6.42 Å². The Morgan fingerprint density at radius 1 is 1.40 bits per heavy atom. The fourth-order valence-electron chi connectivity index (χ4n) is 2.77. The van der Waals surface area contributed by atoms with Gasteiger partial charge in [-0.15, -0.1) is 0 Å². The van der Waals surface area contributed by atoms with Crippen molar-refractivity contribution in [2.24, 2.45) is 5.92 Å². The highest BCUT2D eigenvalue weighted by Gasteiger charge is 2.16. The van der Waals surface area contributed by atoms with Crippen LogP contribution in [0.25, 0.3) is 11.4 Å². The lowest BCUT2D eigenvalue weighted by Gasteiger charge is -2.09. The van der Waals surface area contributed by atoms with Crippen LogP contribution in [0, 0.1) is 5.92 Å². The second kappa shape index (κ2) is 6.13. The lowest BCUT2D eigenvalue weighted by molar-refractivity contribution is 0.570. The Labute approximate surface area is 119 Å². The third-order valence-electron chi connectivity index (χ3n) is 3.80. The van der Waals surface area contributed by atoms with Gasteiger partial charge in [-0.1, -0.05) is 6.92 Å². The molecule has 0 radical (unpaired) electrons. The molecule has 106 valence electrons. The van der Waals surface area contributed by atoms with Crippen LogP contribution < -0.4 is 5.32 Å². The summed E-state index contributed by atoms with van der Waals surface area (Å²) in [5, 5.41) is 7.76. The Hall–Kier alpha value is -1.75. The zero-order valence-corrected chi connectivity index (χ0v) is 11.9. The fourth-order valence-corrected chi connectivity index (χ4v) is 2.77. The van der Waals surface area contributed by atoms with Gasteiger partial charge in [0.05, 0.1) is 11.4 Å². The molecule has 5 nitrogen and oxygen atoms in total. The molecular weight excluding hydrogens is 250 g/mol. The van der Waals surface area contributed by atoms with Crippen LogP contribution in [-0.2, 0) is 13.0 Å². The van der Waals surface area contributed by atoms with E-state index in [0.717, 1.165) is 49.6 Å². The summed E-state index contributed by atoms with van der Waals surface area (Å²) in [7, 11) is 0. The first-order chi connectivity index (χ1) is 9.86. The predicted octanol–water partition coefficient (Wildman–Crippen LogP) is 1.90. The van der Waals surface area contributed by atoms with Crippen molar-refractivity contribution in [3.63, 3.8) is 0 Å². The van der Waals surface area contributed by atoms with Gasteiger partial charge in [-0.3, -0.25) is 4.68 Å². The monoisotopic (exact) mass is 271 g/mol. The molecule has 3 heterocycles. The highest BCUT2D eigenvalue weighted by molar-refractivity contribution is 5.54. The van der Waals surface area contributed by atoms with Crippen LogP contribution in [0.15, 0.2) is 24.7 Å². The van der Waals surface area contributed by atoms with Crippen molar-refractivity contribution in [1.29, 1.82) is 0 Å². The third-order valence-corrected chi connectivity index (χ3v) is 3.80. The number of aryl methyl sites for hydroxylation is 1. The smallest absolute Gasteiger partial charge is 0.116 e. The molecule has 0 amide bonds. The van der Waals surface area contributed by atoms with E-state index >= 15 is 0 Å². The van der Waals surface area contributed by atoms with Gasteiger partial charge in [0.25, 0.3) is 0 Å². The minimum atomic E-state index is 0.707. The van der Waals surface area contributed by atoms with E-state index < -0.39 is 0 Å². The summed E-state index contributed by atoms with van der Waals surface area (Å²) in [6.45, 7) is 5.32. The van der Waals surface area contributed by atoms with Crippen molar-refractivity contribution in [2.45, 2.75) is 32.7 Å². The molecule has 1 aliphatic heterocycles. The first-order valence-corrected chi connectivity index (χ1v) is 7.40. The summed E-state index contributed by atoms with van der Waals surface area (Å²) >= 11 is 0. The molecule has 2 aromatic heterocycles. The van der Waals surface area contributed by atoms with Gasteiger partial charge < -0.3 is 5.32 Å². The first kappa shape index (κ1) is 13.2. The average molecular weight is 271 g/mol. The van der Waals surface area contributed by atoms with Gasteiger partial charge in [0.15, 0.2) is 0 Å². The van der Waals surface area contributed by atoms with Crippen molar-refractivity contribution < 1.29 is 0 Å². The van der Waals surface area contributed by atoms with Crippen LogP contribution in [0.2, 0.25) is 0 Å². The van der Waals surface area contributed by atoms with Crippen LogP contribution in [0.1, 0.15) is 25.5 Å². The molecular formula is C15H21N5. The maximum Gasteiger partial charge on any atom is 0.116 e. The SMILES string of the molecule is CCCn1nccc1-c1cc(C[C@@H]2CCNC2)ncn1. The number of hydrogen-bond acceptors (Lipinski definition) is 4. The third kappa shape index (κ3) is 2.88. The number of aromatic nitrogens is 4. The van der Waals surface area contributed by atoms with Gasteiger partial charge in [0, 0.05) is 18.4 Å². The lowest BCUT2D eigenvalue weighted by atomic mass is 10.0.